The van der Waals surface area contributed by atoms with Crippen LogP contribution >= 0.6 is 11.6 Å². The van der Waals surface area contributed by atoms with Crippen LogP contribution in [0.4, 0.5) is 23.8 Å². The van der Waals surface area contributed by atoms with Crippen LogP contribution in [0.15, 0.2) is 18.1 Å². The highest BCUT2D eigenvalue weighted by molar-refractivity contribution is 6.28. The van der Waals surface area contributed by atoms with Crippen molar-refractivity contribution in [3.8, 4) is 0 Å². The van der Waals surface area contributed by atoms with Crippen LogP contribution in [0.2, 0.25) is 5.28 Å². The average Bonchev–Trinajstić information content (AvgIpc) is 2.49. The summed E-state index contributed by atoms with van der Waals surface area (Å²) in [5.41, 5.74) is 1.40. The second-order valence-electron chi connectivity index (χ2n) is 6.38. The monoisotopic (exact) mass is 410 g/mol. The topological polar surface area (TPSA) is 91.4 Å². The highest BCUT2D eigenvalue weighted by Gasteiger charge is 2.33. The maximum atomic E-state index is 12.8. The van der Waals surface area contributed by atoms with E-state index in [9.17, 15) is 18.0 Å². The van der Waals surface area contributed by atoms with Gasteiger partial charge in [0, 0.05) is 32.1 Å². The summed E-state index contributed by atoms with van der Waals surface area (Å²) in [4.78, 5) is 19.5. The summed E-state index contributed by atoms with van der Waals surface area (Å²) < 4.78 is 43.6. The molecule has 0 radical (unpaired) electrons. The van der Waals surface area contributed by atoms with Crippen LogP contribution in [0, 0.1) is 0 Å². The summed E-state index contributed by atoms with van der Waals surface area (Å²) in [5, 5.41) is 5.52. The van der Waals surface area contributed by atoms with Crippen molar-refractivity contribution in [3.63, 3.8) is 0 Å². The number of aromatic nitrogens is 2. The third-order valence-corrected chi connectivity index (χ3v) is 3.02. The Balaban J connectivity index is 2.90. The summed E-state index contributed by atoms with van der Waals surface area (Å²) in [7, 11) is 2.51. The van der Waals surface area contributed by atoms with Gasteiger partial charge in [-0.05, 0) is 32.4 Å². The summed E-state index contributed by atoms with van der Waals surface area (Å²) >= 11 is 5.76. The van der Waals surface area contributed by atoms with Crippen molar-refractivity contribution in [2.24, 2.45) is 0 Å². The fraction of sp³-hybridized carbons (Fsp3) is 0.533. The van der Waals surface area contributed by atoms with Crippen LogP contribution in [0.25, 0.3) is 0 Å². The van der Waals surface area contributed by atoms with Crippen molar-refractivity contribution in [1.29, 1.82) is 0 Å². The van der Waals surface area contributed by atoms with Crippen LogP contribution in [-0.4, -0.2) is 46.9 Å². The number of nitrogens with zero attached hydrogens (tertiary/aromatic N) is 3. The fourth-order valence-electron chi connectivity index (χ4n) is 1.77. The number of hydrogen-bond donors (Lipinski definition) is 3. The lowest BCUT2D eigenvalue weighted by atomic mass is 10.2. The first-order chi connectivity index (χ1) is 12.3. The van der Waals surface area contributed by atoms with Gasteiger partial charge in [0.05, 0.1) is 6.54 Å². The quantitative estimate of drug-likeness (QED) is 0.490. The third-order valence-electron chi connectivity index (χ3n) is 2.84. The molecule has 0 spiro atoms. The van der Waals surface area contributed by atoms with E-state index in [-0.39, 0.29) is 17.6 Å². The summed E-state index contributed by atoms with van der Waals surface area (Å²) in [6.45, 7) is 5.12. The van der Waals surface area contributed by atoms with Crippen LogP contribution < -0.4 is 16.1 Å². The lowest BCUT2D eigenvalue weighted by molar-refractivity contribution is -0.0970. The molecule has 1 amide bonds. The molecule has 3 N–H and O–H groups in total. The number of hydrogen-bond acceptors (Lipinski definition) is 7. The van der Waals surface area contributed by atoms with E-state index in [2.05, 4.69) is 26.0 Å². The molecule has 0 atom stereocenters. The summed E-state index contributed by atoms with van der Waals surface area (Å²) in [6.07, 6.45) is -3.06. The SMILES string of the molecule is CN/C(=C\N(C)Nc1nc(Cl)ncc1CNC(=O)OC(C)(C)C)C(F)(F)F. The van der Waals surface area contributed by atoms with Gasteiger partial charge in [0.1, 0.15) is 11.3 Å². The third kappa shape index (κ3) is 8.20. The molecule has 0 aliphatic heterocycles. The van der Waals surface area contributed by atoms with Gasteiger partial charge in [-0.2, -0.15) is 18.2 Å². The molecule has 0 bridgehead atoms. The number of alkyl carbamates (subject to hydrolysis) is 1. The molecule has 0 saturated heterocycles. The maximum Gasteiger partial charge on any atom is 0.432 e. The van der Waals surface area contributed by atoms with Gasteiger partial charge in [-0.3, -0.25) is 10.4 Å². The molecule has 0 saturated carbocycles. The number of halogens is 4. The highest BCUT2D eigenvalue weighted by atomic mass is 35.5. The Morgan fingerprint density at radius 2 is 2.00 bits per heavy atom. The minimum atomic E-state index is -4.55. The van der Waals surface area contributed by atoms with Crippen molar-refractivity contribution < 1.29 is 22.7 Å². The van der Waals surface area contributed by atoms with Gasteiger partial charge in [0.15, 0.2) is 5.82 Å². The molecule has 0 unspecified atom stereocenters. The standard InChI is InChI=1S/C15H22ClF3N6O2/c1-14(2,3)27-13(26)22-7-9-6-21-12(16)23-11(9)24-25(5)8-10(20-4)15(17,18)19/h6,8,20H,7H2,1-5H3,(H,22,26)(H,21,23,24)/b10-8-. The first-order valence-electron chi connectivity index (χ1n) is 7.76. The number of amides is 1. The van der Waals surface area contributed by atoms with E-state index >= 15 is 0 Å². The van der Waals surface area contributed by atoms with Gasteiger partial charge in [-0.25, -0.2) is 9.78 Å². The normalized spacial score (nSPS) is 12.4. The van der Waals surface area contributed by atoms with Crippen molar-refractivity contribution >= 4 is 23.5 Å². The van der Waals surface area contributed by atoms with Crippen LogP contribution in [0.3, 0.4) is 0 Å². The van der Waals surface area contributed by atoms with E-state index in [1.54, 1.807) is 20.8 Å². The van der Waals surface area contributed by atoms with E-state index in [0.717, 1.165) is 18.3 Å². The van der Waals surface area contributed by atoms with E-state index in [1.165, 1.54) is 13.2 Å². The molecule has 1 aromatic heterocycles. The zero-order chi connectivity index (χ0) is 20.8. The van der Waals surface area contributed by atoms with Gasteiger partial charge in [-0.1, -0.05) is 0 Å². The average molecular weight is 411 g/mol. The van der Waals surface area contributed by atoms with Crippen molar-refractivity contribution in [2.45, 2.75) is 39.1 Å². The van der Waals surface area contributed by atoms with Crippen molar-refractivity contribution in [3.05, 3.63) is 28.9 Å². The Hall–Kier alpha value is -2.43. The minimum Gasteiger partial charge on any atom is -0.444 e. The van der Waals surface area contributed by atoms with E-state index in [4.69, 9.17) is 16.3 Å². The first-order valence-corrected chi connectivity index (χ1v) is 8.14. The second-order valence-corrected chi connectivity index (χ2v) is 6.72. The van der Waals surface area contributed by atoms with Gasteiger partial charge in [0.2, 0.25) is 5.28 Å². The first kappa shape index (κ1) is 22.6. The summed E-state index contributed by atoms with van der Waals surface area (Å²) in [6, 6.07) is 0. The van der Waals surface area contributed by atoms with Crippen molar-refractivity contribution in [2.75, 3.05) is 19.5 Å². The van der Waals surface area contributed by atoms with Gasteiger partial charge < -0.3 is 15.4 Å². The number of carbonyl (C=O) groups is 1. The van der Waals surface area contributed by atoms with Crippen LogP contribution in [0.5, 0.6) is 0 Å². The van der Waals surface area contributed by atoms with E-state index < -0.39 is 23.6 Å². The van der Waals surface area contributed by atoms with Crippen LogP contribution in [-0.2, 0) is 11.3 Å². The number of rotatable bonds is 6. The molecule has 1 aromatic rings. The number of hydrazine groups is 1. The number of allylic oxidation sites excluding steroid dienone is 1. The molecule has 1 heterocycles. The lowest BCUT2D eigenvalue weighted by Crippen LogP contribution is -2.33. The Labute approximate surface area is 160 Å². The zero-order valence-corrected chi connectivity index (χ0v) is 16.3. The van der Waals surface area contributed by atoms with E-state index in [1.807, 2.05) is 0 Å². The Kier molecular flexibility index (Phi) is 7.52. The molecule has 152 valence electrons. The molecule has 0 fully saturated rings. The molecular formula is C15H22ClF3N6O2. The Bertz CT molecular complexity index is 691. The molecule has 1 rings (SSSR count). The molecule has 0 aliphatic carbocycles. The smallest absolute Gasteiger partial charge is 0.432 e. The van der Waals surface area contributed by atoms with E-state index in [0.29, 0.717) is 5.56 Å². The zero-order valence-electron chi connectivity index (χ0n) is 15.5. The second kappa shape index (κ2) is 8.98. The Morgan fingerprint density at radius 3 is 2.52 bits per heavy atom. The lowest BCUT2D eigenvalue weighted by Gasteiger charge is -2.22. The highest BCUT2D eigenvalue weighted by Crippen LogP contribution is 2.23. The predicted molar refractivity (Wildman–Crippen MR) is 94.7 cm³/mol. The summed E-state index contributed by atoms with van der Waals surface area (Å²) in [5.74, 6) is 0.127. The number of anilines is 1. The minimum absolute atomic E-state index is 0.0237. The van der Waals surface area contributed by atoms with Gasteiger partial charge >= 0.3 is 12.3 Å². The molecule has 8 nitrogen and oxygen atoms in total. The molecule has 12 heteroatoms. The fourth-order valence-corrected chi connectivity index (χ4v) is 1.90. The number of nitrogens with one attached hydrogen (secondary N) is 3. The molecule has 27 heavy (non-hydrogen) atoms. The predicted octanol–water partition coefficient (Wildman–Crippen LogP) is 3.04. The number of alkyl halides is 3. The molecule has 0 aliphatic rings. The largest absolute Gasteiger partial charge is 0.444 e. The Morgan fingerprint density at radius 1 is 1.37 bits per heavy atom. The number of ether oxygens (including phenoxy) is 1. The number of carbonyl (C=O) groups excluding carboxylic acids is 1. The van der Waals surface area contributed by atoms with Crippen molar-refractivity contribution in [1.82, 2.24) is 25.6 Å². The molecule has 0 aromatic carbocycles. The van der Waals surface area contributed by atoms with Gasteiger partial charge in [0.25, 0.3) is 0 Å². The maximum absolute atomic E-state index is 12.8. The van der Waals surface area contributed by atoms with Crippen LogP contribution in [0.1, 0.15) is 26.3 Å². The van der Waals surface area contributed by atoms with Gasteiger partial charge in [-0.15, -0.1) is 0 Å². The molecular weight excluding hydrogens is 389 g/mol.